The first-order valence-electron chi connectivity index (χ1n) is 12.0. The molecule has 0 saturated carbocycles. The molecule has 2 heterocycles. The van der Waals surface area contributed by atoms with Gasteiger partial charge in [0.2, 0.25) is 5.91 Å². The van der Waals surface area contributed by atoms with Crippen molar-refractivity contribution < 1.29 is 18.7 Å². The molecule has 5 nitrogen and oxygen atoms in total. The van der Waals surface area contributed by atoms with E-state index in [-0.39, 0.29) is 17.3 Å². The number of nitrogens with zero attached hydrogens (tertiary/aromatic N) is 2. The van der Waals surface area contributed by atoms with Crippen LogP contribution in [0.4, 0.5) is 4.39 Å². The van der Waals surface area contributed by atoms with Crippen LogP contribution in [0, 0.1) is 5.82 Å². The minimum atomic E-state index is -0.189. The SMILES string of the molecule is COc1ccc(CCC(=O)N2CCCC3(CCCN3Cc3ccc(F)cc3)CC2)c(OC)c1. The van der Waals surface area contributed by atoms with Crippen molar-refractivity contribution in [3.05, 3.63) is 59.4 Å². The molecular weight excluding hydrogens is 419 g/mol. The largest absolute Gasteiger partial charge is 0.497 e. The summed E-state index contributed by atoms with van der Waals surface area (Å²) < 4.78 is 24.1. The van der Waals surface area contributed by atoms with Crippen molar-refractivity contribution in [2.45, 2.75) is 57.0 Å². The molecule has 1 unspecified atom stereocenters. The molecule has 2 aliphatic rings. The predicted octanol–water partition coefficient (Wildman–Crippen LogP) is 4.82. The second-order valence-corrected chi connectivity index (χ2v) is 9.29. The topological polar surface area (TPSA) is 42.0 Å². The highest BCUT2D eigenvalue weighted by Gasteiger charge is 2.41. The zero-order chi connectivity index (χ0) is 23.3. The van der Waals surface area contributed by atoms with Gasteiger partial charge in [-0.3, -0.25) is 9.69 Å². The van der Waals surface area contributed by atoms with Crippen molar-refractivity contribution in [1.29, 1.82) is 0 Å². The Balaban J connectivity index is 1.35. The van der Waals surface area contributed by atoms with E-state index in [1.807, 2.05) is 30.3 Å². The molecule has 2 fully saturated rings. The van der Waals surface area contributed by atoms with Crippen LogP contribution in [0.5, 0.6) is 11.5 Å². The molecule has 0 N–H and O–H groups in total. The molecule has 2 saturated heterocycles. The average molecular weight is 455 g/mol. The van der Waals surface area contributed by atoms with Crippen molar-refractivity contribution in [2.75, 3.05) is 33.9 Å². The number of hydrogen-bond donors (Lipinski definition) is 0. The fraction of sp³-hybridized carbons (Fsp3) is 0.519. The lowest BCUT2D eigenvalue weighted by atomic mass is 9.87. The number of aryl methyl sites for hydroxylation is 1. The third-order valence-corrected chi connectivity index (χ3v) is 7.40. The van der Waals surface area contributed by atoms with E-state index < -0.39 is 0 Å². The molecule has 2 aromatic rings. The maximum atomic E-state index is 13.3. The van der Waals surface area contributed by atoms with Crippen molar-refractivity contribution in [1.82, 2.24) is 9.80 Å². The van der Waals surface area contributed by atoms with Crippen LogP contribution in [-0.4, -0.2) is 55.1 Å². The number of halogens is 1. The lowest BCUT2D eigenvalue weighted by Crippen LogP contribution is -2.44. The van der Waals surface area contributed by atoms with Gasteiger partial charge in [-0.05, 0) is 74.4 Å². The van der Waals surface area contributed by atoms with Gasteiger partial charge in [0.15, 0.2) is 0 Å². The molecule has 0 bridgehead atoms. The number of likely N-dealkylation sites (tertiary alicyclic amines) is 2. The molecule has 2 aliphatic heterocycles. The molecule has 0 aromatic heterocycles. The van der Waals surface area contributed by atoms with Crippen molar-refractivity contribution >= 4 is 5.91 Å². The van der Waals surface area contributed by atoms with Crippen molar-refractivity contribution in [3.8, 4) is 11.5 Å². The molecule has 1 amide bonds. The summed E-state index contributed by atoms with van der Waals surface area (Å²) in [7, 11) is 3.28. The van der Waals surface area contributed by atoms with Gasteiger partial charge >= 0.3 is 0 Å². The molecular formula is C27H35FN2O3. The molecule has 4 rings (SSSR count). The third kappa shape index (κ3) is 5.49. The highest BCUT2D eigenvalue weighted by molar-refractivity contribution is 5.76. The third-order valence-electron chi connectivity index (χ3n) is 7.40. The predicted molar refractivity (Wildman–Crippen MR) is 127 cm³/mol. The molecule has 178 valence electrons. The second-order valence-electron chi connectivity index (χ2n) is 9.29. The lowest BCUT2D eigenvalue weighted by Gasteiger charge is -2.38. The van der Waals surface area contributed by atoms with Crippen LogP contribution in [-0.2, 0) is 17.8 Å². The van der Waals surface area contributed by atoms with E-state index in [0.29, 0.717) is 12.8 Å². The van der Waals surface area contributed by atoms with Crippen LogP contribution in [0.3, 0.4) is 0 Å². The molecule has 6 heteroatoms. The standard InChI is InChI=1S/C27H35FN2O3/c1-32-24-11-7-22(25(19-24)33-2)8-12-26(31)29-16-3-13-27(15-18-29)14-4-17-30(27)20-21-5-9-23(28)10-6-21/h5-7,9-11,19H,3-4,8,12-18,20H2,1-2H3. The molecule has 1 atom stereocenters. The summed E-state index contributed by atoms with van der Waals surface area (Å²) in [5, 5.41) is 0. The molecule has 1 spiro atoms. The smallest absolute Gasteiger partial charge is 0.222 e. The quantitative estimate of drug-likeness (QED) is 0.601. The van der Waals surface area contributed by atoms with Gasteiger partial charge in [0.25, 0.3) is 0 Å². The first kappa shape index (κ1) is 23.6. The van der Waals surface area contributed by atoms with E-state index >= 15 is 0 Å². The molecule has 0 aliphatic carbocycles. The number of methoxy groups -OCH3 is 2. The first-order valence-corrected chi connectivity index (χ1v) is 12.0. The maximum Gasteiger partial charge on any atom is 0.222 e. The van der Waals surface area contributed by atoms with Gasteiger partial charge in [-0.25, -0.2) is 4.39 Å². The zero-order valence-corrected chi connectivity index (χ0v) is 19.8. The van der Waals surface area contributed by atoms with Gasteiger partial charge in [0, 0.05) is 37.7 Å². The fourth-order valence-corrected chi connectivity index (χ4v) is 5.50. The van der Waals surface area contributed by atoms with Gasteiger partial charge in [-0.2, -0.15) is 0 Å². The number of carbonyl (C=O) groups excluding carboxylic acids is 1. The molecule has 2 aromatic carbocycles. The van der Waals surface area contributed by atoms with E-state index in [9.17, 15) is 9.18 Å². The Morgan fingerprint density at radius 2 is 1.73 bits per heavy atom. The van der Waals surface area contributed by atoms with Gasteiger partial charge in [0.05, 0.1) is 14.2 Å². The van der Waals surface area contributed by atoms with E-state index in [1.165, 1.54) is 12.8 Å². The monoisotopic (exact) mass is 454 g/mol. The van der Waals surface area contributed by atoms with E-state index in [0.717, 1.165) is 68.1 Å². The van der Waals surface area contributed by atoms with Crippen LogP contribution in [0.25, 0.3) is 0 Å². The highest BCUT2D eigenvalue weighted by Crippen LogP contribution is 2.39. The number of hydrogen-bond acceptors (Lipinski definition) is 4. The van der Waals surface area contributed by atoms with Crippen LogP contribution in [0.15, 0.2) is 42.5 Å². The summed E-state index contributed by atoms with van der Waals surface area (Å²) in [5.74, 6) is 1.54. The van der Waals surface area contributed by atoms with E-state index in [4.69, 9.17) is 9.47 Å². The first-order chi connectivity index (χ1) is 16.0. The number of ether oxygens (including phenoxy) is 2. The fourth-order valence-electron chi connectivity index (χ4n) is 5.50. The number of carbonyl (C=O) groups is 1. The zero-order valence-electron chi connectivity index (χ0n) is 19.8. The number of rotatable bonds is 7. The summed E-state index contributed by atoms with van der Waals surface area (Å²) in [6, 6.07) is 12.6. The minimum Gasteiger partial charge on any atom is -0.497 e. The molecule has 33 heavy (non-hydrogen) atoms. The Hall–Kier alpha value is -2.60. The summed E-state index contributed by atoms with van der Waals surface area (Å²) in [6.45, 7) is 3.55. The Morgan fingerprint density at radius 1 is 0.970 bits per heavy atom. The van der Waals surface area contributed by atoms with Gasteiger partial charge in [-0.1, -0.05) is 18.2 Å². The number of benzene rings is 2. The van der Waals surface area contributed by atoms with Crippen LogP contribution in [0.1, 0.15) is 49.7 Å². The summed E-state index contributed by atoms with van der Waals surface area (Å²) >= 11 is 0. The Kier molecular flexibility index (Phi) is 7.53. The van der Waals surface area contributed by atoms with Gasteiger partial charge in [0.1, 0.15) is 17.3 Å². The second kappa shape index (κ2) is 10.6. The van der Waals surface area contributed by atoms with E-state index in [1.54, 1.807) is 26.4 Å². The summed E-state index contributed by atoms with van der Waals surface area (Å²) in [6.07, 6.45) is 6.65. The number of amides is 1. The van der Waals surface area contributed by atoms with Crippen LogP contribution in [0.2, 0.25) is 0 Å². The minimum absolute atomic E-state index is 0.155. The highest BCUT2D eigenvalue weighted by atomic mass is 19.1. The van der Waals surface area contributed by atoms with Crippen molar-refractivity contribution in [3.63, 3.8) is 0 Å². The average Bonchev–Trinajstić information content (AvgIpc) is 3.08. The molecule has 0 radical (unpaired) electrons. The Bertz CT molecular complexity index is 949. The van der Waals surface area contributed by atoms with Gasteiger partial charge in [-0.15, -0.1) is 0 Å². The van der Waals surface area contributed by atoms with E-state index in [2.05, 4.69) is 9.80 Å². The van der Waals surface area contributed by atoms with Crippen molar-refractivity contribution in [2.24, 2.45) is 0 Å². The Labute approximate surface area is 196 Å². The lowest BCUT2D eigenvalue weighted by molar-refractivity contribution is -0.131. The maximum absolute atomic E-state index is 13.3. The Morgan fingerprint density at radius 3 is 2.45 bits per heavy atom. The van der Waals surface area contributed by atoms with Crippen LogP contribution < -0.4 is 9.47 Å². The summed E-state index contributed by atoms with van der Waals surface area (Å²) in [5.41, 5.74) is 2.34. The summed E-state index contributed by atoms with van der Waals surface area (Å²) in [4.78, 5) is 17.7. The normalized spacial score (nSPS) is 21.2. The van der Waals surface area contributed by atoms with Gasteiger partial charge < -0.3 is 14.4 Å². The van der Waals surface area contributed by atoms with Crippen LogP contribution >= 0.6 is 0 Å².